The van der Waals surface area contributed by atoms with Crippen molar-refractivity contribution < 1.29 is 19.0 Å². The number of rotatable bonds is 8. The number of halogens is 1. The highest BCUT2D eigenvalue weighted by Crippen LogP contribution is 2.11. The van der Waals surface area contributed by atoms with E-state index in [1.165, 1.54) is 24.3 Å². The van der Waals surface area contributed by atoms with Crippen molar-refractivity contribution in [2.45, 2.75) is 6.61 Å². The van der Waals surface area contributed by atoms with Gasteiger partial charge in [0.15, 0.2) is 0 Å². The lowest BCUT2D eigenvalue weighted by Crippen LogP contribution is -2.33. The van der Waals surface area contributed by atoms with Crippen molar-refractivity contribution in [2.24, 2.45) is 0 Å². The van der Waals surface area contributed by atoms with Gasteiger partial charge in [0, 0.05) is 5.69 Å². The molecule has 122 valence electrons. The SMILES string of the molecule is O=C(CNc1cccc(CO)c1)NCCOc1ccc(F)cc1. The Morgan fingerprint density at radius 3 is 2.70 bits per heavy atom. The molecular weight excluding hydrogens is 299 g/mol. The number of carbonyl (C=O) groups is 1. The maximum atomic E-state index is 12.7. The van der Waals surface area contributed by atoms with Crippen LogP contribution in [0.15, 0.2) is 48.5 Å². The van der Waals surface area contributed by atoms with Crippen molar-refractivity contribution in [3.63, 3.8) is 0 Å². The van der Waals surface area contributed by atoms with Gasteiger partial charge in [-0.1, -0.05) is 12.1 Å². The molecule has 0 saturated heterocycles. The lowest BCUT2D eigenvalue weighted by Gasteiger charge is -2.09. The minimum atomic E-state index is -0.318. The first-order valence-corrected chi connectivity index (χ1v) is 7.26. The molecule has 2 aromatic carbocycles. The van der Waals surface area contributed by atoms with Gasteiger partial charge in [0.05, 0.1) is 19.7 Å². The first kappa shape index (κ1) is 16.8. The molecule has 0 aliphatic rings. The average molecular weight is 318 g/mol. The van der Waals surface area contributed by atoms with Gasteiger partial charge >= 0.3 is 0 Å². The van der Waals surface area contributed by atoms with E-state index in [1.54, 1.807) is 12.1 Å². The number of hydrogen-bond donors (Lipinski definition) is 3. The third-order valence-electron chi connectivity index (χ3n) is 3.07. The summed E-state index contributed by atoms with van der Waals surface area (Å²) < 4.78 is 18.1. The standard InChI is InChI=1S/C17H19FN2O3/c18-14-4-6-16(7-5-14)23-9-8-19-17(22)11-20-15-3-1-2-13(10-15)12-21/h1-7,10,20-21H,8-9,11-12H2,(H,19,22). The van der Waals surface area contributed by atoms with E-state index in [1.807, 2.05) is 12.1 Å². The Morgan fingerprint density at radius 1 is 1.17 bits per heavy atom. The van der Waals surface area contributed by atoms with Gasteiger partial charge in [-0.15, -0.1) is 0 Å². The predicted molar refractivity (Wildman–Crippen MR) is 85.8 cm³/mol. The van der Waals surface area contributed by atoms with E-state index >= 15 is 0 Å². The zero-order valence-electron chi connectivity index (χ0n) is 12.6. The fourth-order valence-electron chi connectivity index (χ4n) is 1.91. The molecule has 1 amide bonds. The van der Waals surface area contributed by atoms with Crippen molar-refractivity contribution in [2.75, 3.05) is 25.0 Å². The molecule has 0 saturated carbocycles. The lowest BCUT2D eigenvalue weighted by molar-refractivity contribution is -0.119. The van der Waals surface area contributed by atoms with Gasteiger partial charge in [0.25, 0.3) is 0 Å². The van der Waals surface area contributed by atoms with Gasteiger partial charge in [-0.25, -0.2) is 4.39 Å². The second kappa shape index (κ2) is 8.75. The average Bonchev–Trinajstić information content (AvgIpc) is 2.58. The van der Waals surface area contributed by atoms with E-state index < -0.39 is 0 Å². The Kier molecular flexibility index (Phi) is 6.38. The summed E-state index contributed by atoms with van der Waals surface area (Å²) in [7, 11) is 0. The van der Waals surface area contributed by atoms with Crippen molar-refractivity contribution >= 4 is 11.6 Å². The summed E-state index contributed by atoms with van der Waals surface area (Å²) in [5, 5.41) is 14.7. The molecule has 2 rings (SSSR count). The number of amides is 1. The maximum Gasteiger partial charge on any atom is 0.239 e. The molecule has 0 bridgehead atoms. The summed E-state index contributed by atoms with van der Waals surface area (Å²) in [5.74, 6) is 0.0729. The summed E-state index contributed by atoms with van der Waals surface area (Å²) in [4.78, 5) is 11.7. The Labute approximate surface area is 134 Å². The minimum Gasteiger partial charge on any atom is -0.492 e. The van der Waals surface area contributed by atoms with Crippen LogP contribution in [-0.4, -0.2) is 30.7 Å². The highest BCUT2D eigenvalue weighted by molar-refractivity contribution is 5.80. The van der Waals surface area contributed by atoms with Crippen LogP contribution in [0.25, 0.3) is 0 Å². The van der Waals surface area contributed by atoms with E-state index in [9.17, 15) is 9.18 Å². The lowest BCUT2D eigenvalue weighted by atomic mass is 10.2. The summed E-state index contributed by atoms with van der Waals surface area (Å²) in [6, 6.07) is 12.9. The molecule has 6 heteroatoms. The Morgan fingerprint density at radius 2 is 1.96 bits per heavy atom. The molecule has 3 N–H and O–H groups in total. The predicted octanol–water partition coefficient (Wildman–Crippen LogP) is 1.93. The van der Waals surface area contributed by atoms with Crippen LogP contribution < -0.4 is 15.4 Å². The normalized spacial score (nSPS) is 10.2. The van der Waals surface area contributed by atoms with Crippen LogP contribution in [0.2, 0.25) is 0 Å². The molecule has 0 spiro atoms. The monoisotopic (exact) mass is 318 g/mol. The largest absolute Gasteiger partial charge is 0.492 e. The number of aliphatic hydroxyl groups excluding tert-OH is 1. The molecule has 0 aliphatic carbocycles. The second-order valence-corrected chi connectivity index (χ2v) is 4.86. The fraction of sp³-hybridized carbons (Fsp3) is 0.235. The topological polar surface area (TPSA) is 70.6 Å². The molecule has 0 heterocycles. The van der Waals surface area contributed by atoms with Crippen LogP contribution in [-0.2, 0) is 11.4 Å². The first-order valence-electron chi connectivity index (χ1n) is 7.26. The number of carbonyl (C=O) groups excluding carboxylic acids is 1. The van der Waals surface area contributed by atoms with Crippen LogP contribution in [0.1, 0.15) is 5.56 Å². The van der Waals surface area contributed by atoms with Gasteiger partial charge in [-0.05, 0) is 42.0 Å². The molecular formula is C17H19FN2O3. The molecule has 23 heavy (non-hydrogen) atoms. The number of hydrogen-bond acceptors (Lipinski definition) is 4. The molecule has 0 atom stereocenters. The van der Waals surface area contributed by atoms with Crippen molar-refractivity contribution in [1.82, 2.24) is 5.32 Å². The number of nitrogens with one attached hydrogen (secondary N) is 2. The van der Waals surface area contributed by atoms with Gasteiger partial charge in [-0.3, -0.25) is 4.79 Å². The zero-order chi connectivity index (χ0) is 16.5. The number of aliphatic hydroxyl groups is 1. The van der Waals surface area contributed by atoms with E-state index in [4.69, 9.17) is 9.84 Å². The van der Waals surface area contributed by atoms with Crippen molar-refractivity contribution in [3.05, 3.63) is 59.9 Å². The Bertz CT molecular complexity index is 632. The third kappa shape index (κ3) is 5.96. The second-order valence-electron chi connectivity index (χ2n) is 4.86. The van der Waals surface area contributed by atoms with Crippen molar-refractivity contribution in [1.29, 1.82) is 0 Å². The van der Waals surface area contributed by atoms with Gasteiger partial charge < -0.3 is 20.5 Å². The summed E-state index contributed by atoms with van der Waals surface area (Å²) in [6.45, 7) is 0.750. The van der Waals surface area contributed by atoms with E-state index in [2.05, 4.69) is 10.6 Å². The Hall–Kier alpha value is -2.60. The number of benzene rings is 2. The van der Waals surface area contributed by atoms with Crippen LogP contribution in [0.4, 0.5) is 10.1 Å². The van der Waals surface area contributed by atoms with E-state index in [-0.39, 0.29) is 24.9 Å². The Balaban J connectivity index is 1.64. The van der Waals surface area contributed by atoms with Gasteiger partial charge in [0.2, 0.25) is 5.91 Å². The van der Waals surface area contributed by atoms with Crippen LogP contribution in [0, 0.1) is 5.82 Å². The molecule has 0 aliphatic heterocycles. The third-order valence-corrected chi connectivity index (χ3v) is 3.07. The fourth-order valence-corrected chi connectivity index (χ4v) is 1.91. The van der Waals surface area contributed by atoms with E-state index in [0.717, 1.165) is 11.3 Å². The molecule has 2 aromatic rings. The summed E-state index contributed by atoms with van der Waals surface area (Å²) in [5.41, 5.74) is 1.55. The smallest absolute Gasteiger partial charge is 0.239 e. The van der Waals surface area contributed by atoms with E-state index in [0.29, 0.717) is 18.9 Å². The summed E-state index contributed by atoms with van der Waals surface area (Å²) in [6.07, 6.45) is 0. The summed E-state index contributed by atoms with van der Waals surface area (Å²) >= 11 is 0. The van der Waals surface area contributed by atoms with Gasteiger partial charge in [0.1, 0.15) is 18.2 Å². The molecule has 0 fully saturated rings. The number of ether oxygens (including phenoxy) is 1. The molecule has 0 unspecified atom stereocenters. The molecule has 0 radical (unpaired) electrons. The van der Waals surface area contributed by atoms with Gasteiger partial charge in [-0.2, -0.15) is 0 Å². The van der Waals surface area contributed by atoms with Crippen LogP contribution in [0.3, 0.4) is 0 Å². The quantitative estimate of drug-likeness (QED) is 0.651. The highest BCUT2D eigenvalue weighted by Gasteiger charge is 2.02. The first-order chi connectivity index (χ1) is 11.2. The molecule has 0 aromatic heterocycles. The minimum absolute atomic E-state index is 0.0392. The van der Waals surface area contributed by atoms with Crippen LogP contribution in [0.5, 0.6) is 5.75 Å². The van der Waals surface area contributed by atoms with Crippen LogP contribution >= 0.6 is 0 Å². The van der Waals surface area contributed by atoms with Crippen molar-refractivity contribution in [3.8, 4) is 5.75 Å². The zero-order valence-corrected chi connectivity index (χ0v) is 12.6. The molecule has 5 nitrogen and oxygen atoms in total. The number of anilines is 1. The highest BCUT2D eigenvalue weighted by atomic mass is 19.1. The maximum absolute atomic E-state index is 12.7.